The van der Waals surface area contributed by atoms with E-state index in [1.165, 1.54) is 5.56 Å². The average molecular weight is 351 g/mol. The van der Waals surface area contributed by atoms with Gasteiger partial charge in [-0.25, -0.2) is 4.79 Å². The van der Waals surface area contributed by atoms with Crippen molar-refractivity contribution in [2.75, 3.05) is 26.3 Å². The average Bonchev–Trinajstić information content (AvgIpc) is 2.68. The number of aromatic amines is 2. The molecule has 4 rings (SSSR count). The van der Waals surface area contributed by atoms with Crippen LogP contribution >= 0.6 is 0 Å². The molecule has 1 fully saturated rings. The number of nitrogens with one attached hydrogen (secondary N) is 2. The highest BCUT2D eigenvalue weighted by Gasteiger charge is 2.18. The van der Waals surface area contributed by atoms with Crippen molar-refractivity contribution in [1.29, 1.82) is 0 Å². The summed E-state index contributed by atoms with van der Waals surface area (Å²) >= 11 is 0. The smallest absolute Gasteiger partial charge is 0.326 e. The summed E-state index contributed by atoms with van der Waals surface area (Å²) in [6.45, 7) is 5.70. The van der Waals surface area contributed by atoms with Crippen LogP contribution in [-0.2, 0) is 4.74 Å². The van der Waals surface area contributed by atoms with E-state index >= 15 is 0 Å². The lowest BCUT2D eigenvalue weighted by atomic mass is 9.99. The first-order valence-corrected chi connectivity index (χ1v) is 8.80. The highest BCUT2D eigenvalue weighted by molar-refractivity contribution is 5.83. The number of H-pyrrole nitrogens is 2. The van der Waals surface area contributed by atoms with Crippen LogP contribution in [0.25, 0.3) is 22.0 Å². The Morgan fingerprint density at radius 1 is 0.962 bits per heavy atom. The van der Waals surface area contributed by atoms with Crippen LogP contribution in [0.3, 0.4) is 0 Å². The highest BCUT2D eigenvalue weighted by Crippen LogP contribution is 2.26. The molecule has 0 aliphatic carbocycles. The Balaban J connectivity index is 1.63. The molecule has 2 aromatic carbocycles. The summed E-state index contributed by atoms with van der Waals surface area (Å²) < 4.78 is 5.42. The van der Waals surface area contributed by atoms with E-state index < -0.39 is 5.69 Å². The van der Waals surface area contributed by atoms with E-state index in [0.29, 0.717) is 16.9 Å². The van der Waals surface area contributed by atoms with Crippen molar-refractivity contribution in [1.82, 2.24) is 14.9 Å². The number of rotatable bonds is 3. The molecule has 0 amide bonds. The van der Waals surface area contributed by atoms with Crippen LogP contribution in [0.4, 0.5) is 0 Å². The van der Waals surface area contributed by atoms with Gasteiger partial charge in [0.2, 0.25) is 0 Å². The molecule has 2 N–H and O–H groups in total. The molecule has 1 aliphatic heterocycles. The van der Waals surface area contributed by atoms with Crippen molar-refractivity contribution >= 4 is 10.9 Å². The fourth-order valence-electron chi connectivity index (χ4n) is 3.47. The normalized spacial score (nSPS) is 16.7. The van der Waals surface area contributed by atoms with Gasteiger partial charge in [-0.05, 0) is 35.7 Å². The van der Waals surface area contributed by atoms with Gasteiger partial charge in [0.15, 0.2) is 0 Å². The third kappa shape index (κ3) is 3.21. The summed E-state index contributed by atoms with van der Waals surface area (Å²) in [4.78, 5) is 30.7. The lowest BCUT2D eigenvalue weighted by Crippen LogP contribution is -2.37. The van der Waals surface area contributed by atoms with Gasteiger partial charge in [0.05, 0.1) is 24.1 Å². The van der Waals surface area contributed by atoms with Crippen molar-refractivity contribution in [3.05, 3.63) is 68.9 Å². The molecule has 1 aromatic heterocycles. The van der Waals surface area contributed by atoms with Gasteiger partial charge in [0, 0.05) is 19.1 Å². The quantitative estimate of drug-likeness (QED) is 0.759. The fraction of sp³-hybridized carbons (Fsp3) is 0.300. The summed E-state index contributed by atoms with van der Waals surface area (Å²) in [5.41, 5.74) is 2.93. The number of morpholine rings is 1. The van der Waals surface area contributed by atoms with Crippen LogP contribution in [0, 0.1) is 0 Å². The summed E-state index contributed by atoms with van der Waals surface area (Å²) in [6.07, 6.45) is 0. The van der Waals surface area contributed by atoms with E-state index in [2.05, 4.69) is 46.1 Å². The van der Waals surface area contributed by atoms with E-state index in [-0.39, 0.29) is 5.56 Å². The topological polar surface area (TPSA) is 78.2 Å². The van der Waals surface area contributed by atoms with Crippen LogP contribution in [-0.4, -0.2) is 41.2 Å². The Morgan fingerprint density at radius 3 is 2.38 bits per heavy atom. The summed E-state index contributed by atoms with van der Waals surface area (Å²) in [7, 11) is 0. The molecule has 0 spiro atoms. The van der Waals surface area contributed by atoms with Gasteiger partial charge < -0.3 is 9.72 Å². The van der Waals surface area contributed by atoms with Crippen molar-refractivity contribution in [2.24, 2.45) is 0 Å². The van der Waals surface area contributed by atoms with Crippen LogP contribution in [0.15, 0.2) is 52.1 Å². The van der Waals surface area contributed by atoms with Crippen molar-refractivity contribution in [3.8, 4) is 11.1 Å². The number of aromatic nitrogens is 2. The van der Waals surface area contributed by atoms with Crippen LogP contribution in [0.2, 0.25) is 0 Å². The SMILES string of the molecule is CC(c1ccc(-c2ccc3[nH]c(=O)[nH]c(=O)c3c2)cc1)N1CCOCC1. The summed E-state index contributed by atoms with van der Waals surface area (Å²) in [5, 5.41) is 0.480. The number of fused-ring (bicyclic) bond motifs is 1. The number of benzene rings is 2. The standard InChI is InChI=1S/C20H21N3O3/c1-13(23-8-10-26-11-9-23)14-2-4-15(5-3-14)16-6-7-18-17(12-16)19(24)22-20(25)21-18/h2-7,12-13H,8-11H2,1H3,(H2,21,22,24,25). The first-order chi connectivity index (χ1) is 12.6. The summed E-state index contributed by atoms with van der Waals surface area (Å²) in [6, 6.07) is 14.3. The van der Waals surface area contributed by atoms with Gasteiger partial charge in [-0.3, -0.25) is 14.7 Å². The van der Waals surface area contributed by atoms with E-state index in [0.717, 1.165) is 37.4 Å². The molecular weight excluding hydrogens is 330 g/mol. The Labute approximate surface area is 150 Å². The minimum atomic E-state index is -0.489. The number of hydrogen-bond donors (Lipinski definition) is 2. The molecular formula is C20H21N3O3. The van der Waals surface area contributed by atoms with Crippen LogP contribution in [0.5, 0.6) is 0 Å². The second kappa shape index (κ2) is 6.90. The minimum absolute atomic E-state index is 0.345. The van der Waals surface area contributed by atoms with E-state index in [1.54, 1.807) is 6.07 Å². The molecule has 6 nitrogen and oxygen atoms in total. The third-order valence-corrected chi connectivity index (χ3v) is 5.06. The predicted molar refractivity (Wildman–Crippen MR) is 101 cm³/mol. The van der Waals surface area contributed by atoms with E-state index in [4.69, 9.17) is 4.74 Å². The maximum atomic E-state index is 12.0. The Kier molecular flexibility index (Phi) is 4.44. The molecule has 6 heteroatoms. The number of ether oxygens (including phenoxy) is 1. The van der Waals surface area contributed by atoms with Gasteiger partial charge >= 0.3 is 5.69 Å². The Hall–Kier alpha value is -2.70. The molecule has 0 saturated carbocycles. The lowest BCUT2D eigenvalue weighted by Gasteiger charge is -2.32. The molecule has 1 atom stereocenters. The molecule has 26 heavy (non-hydrogen) atoms. The van der Waals surface area contributed by atoms with Crippen LogP contribution < -0.4 is 11.2 Å². The molecule has 0 bridgehead atoms. The maximum Gasteiger partial charge on any atom is 0.326 e. The van der Waals surface area contributed by atoms with Gasteiger partial charge in [-0.15, -0.1) is 0 Å². The van der Waals surface area contributed by atoms with E-state index in [1.807, 2.05) is 12.1 Å². The first-order valence-electron chi connectivity index (χ1n) is 8.80. The van der Waals surface area contributed by atoms with Gasteiger partial charge in [-0.1, -0.05) is 30.3 Å². The van der Waals surface area contributed by atoms with Gasteiger partial charge in [0.25, 0.3) is 5.56 Å². The summed E-state index contributed by atoms with van der Waals surface area (Å²) in [5.74, 6) is 0. The van der Waals surface area contributed by atoms with Crippen molar-refractivity contribution < 1.29 is 4.74 Å². The molecule has 1 aliphatic rings. The van der Waals surface area contributed by atoms with Crippen molar-refractivity contribution in [3.63, 3.8) is 0 Å². The highest BCUT2D eigenvalue weighted by atomic mass is 16.5. The number of hydrogen-bond acceptors (Lipinski definition) is 4. The third-order valence-electron chi connectivity index (χ3n) is 5.06. The first kappa shape index (κ1) is 16.8. The molecule has 134 valence electrons. The Morgan fingerprint density at radius 2 is 1.65 bits per heavy atom. The largest absolute Gasteiger partial charge is 0.379 e. The van der Waals surface area contributed by atoms with Crippen molar-refractivity contribution in [2.45, 2.75) is 13.0 Å². The van der Waals surface area contributed by atoms with Crippen LogP contribution in [0.1, 0.15) is 18.5 Å². The zero-order valence-electron chi connectivity index (χ0n) is 14.6. The molecule has 1 saturated heterocycles. The second-order valence-electron chi connectivity index (χ2n) is 6.61. The monoisotopic (exact) mass is 351 g/mol. The zero-order valence-corrected chi connectivity index (χ0v) is 14.6. The number of nitrogens with zero attached hydrogens (tertiary/aromatic N) is 1. The minimum Gasteiger partial charge on any atom is -0.379 e. The second-order valence-corrected chi connectivity index (χ2v) is 6.61. The maximum absolute atomic E-state index is 12.0. The molecule has 2 heterocycles. The molecule has 0 radical (unpaired) electrons. The van der Waals surface area contributed by atoms with Gasteiger partial charge in [0.1, 0.15) is 0 Å². The molecule has 1 unspecified atom stereocenters. The van der Waals surface area contributed by atoms with Gasteiger partial charge in [-0.2, -0.15) is 0 Å². The molecule has 3 aromatic rings. The lowest BCUT2D eigenvalue weighted by molar-refractivity contribution is 0.0198. The van der Waals surface area contributed by atoms with E-state index in [9.17, 15) is 9.59 Å². The fourth-order valence-corrected chi connectivity index (χ4v) is 3.47. The Bertz CT molecular complexity index is 1030. The zero-order chi connectivity index (χ0) is 18.1. The predicted octanol–water partition coefficient (Wildman–Crippen LogP) is 2.28.